The molecule has 0 aliphatic heterocycles. The Bertz CT molecular complexity index is 876. The average Bonchev–Trinajstić information content (AvgIpc) is 2.80. The van der Waals surface area contributed by atoms with Crippen LogP contribution in [0.5, 0.6) is 0 Å². The third-order valence-electron chi connectivity index (χ3n) is 2.92. The normalized spacial score (nSPS) is 10.8. The molecule has 2 aromatic heterocycles. The molecule has 0 aliphatic carbocycles. The van der Waals surface area contributed by atoms with Crippen molar-refractivity contribution in [1.82, 2.24) is 9.97 Å². The van der Waals surface area contributed by atoms with E-state index in [1.165, 1.54) is 30.5 Å². The highest BCUT2D eigenvalue weighted by atomic mass is 16.4. The number of rotatable bonds is 2. The molecule has 20 heavy (non-hydrogen) atoms. The number of nitrogens with zero attached hydrogens (tertiary/aromatic N) is 1. The molecule has 0 saturated heterocycles. The van der Waals surface area contributed by atoms with E-state index in [4.69, 9.17) is 9.52 Å². The predicted octanol–water partition coefficient (Wildman–Crippen LogP) is 2.19. The second-order valence-electron chi connectivity index (χ2n) is 4.40. The SMILES string of the molecule is Cc1cc(=O)c(-c2nc3cc(C(=O)O)ccc3o2)c[nH]1. The molecule has 0 spiro atoms. The minimum Gasteiger partial charge on any atom is -0.478 e. The van der Waals surface area contributed by atoms with E-state index in [1.807, 2.05) is 0 Å². The summed E-state index contributed by atoms with van der Waals surface area (Å²) in [7, 11) is 0. The van der Waals surface area contributed by atoms with E-state index < -0.39 is 5.97 Å². The molecule has 0 unspecified atom stereocenters. The van der Waals surface area contributed by atoms with Gasteiger partial charge in [0.05, 0.1) is 5.56 Å². The number of carboxylic acids is 1. The summed E-state index contributed by atoms with van der Waals surface area (Å²) in [6.45, 7) is 1.77. The molecule has 6 nitrogen and oxygen atoms in total. The molecule has 6 heteroatoms. The molecule has 0 radical (unpaired) electrons. The van der Waals surface area contributed by atoms with Gasteiger partial charge in [0.1, 0.15) is 11.1 Å². The quantitative estimate of drug-likeness (QED) is 0.744. The smallest absolute Gasteiger partial charge is 0.335 e. The number of hydrogen-bond donors (Lipinski definition) is 2. The van der Waals surface area contributed by atoms with Crippen molar-refractivity contribution in [2.24, 2.45) is 0 Å². The van der Waals surface area contributed by atoms with Crippen LogP contribution in [0.3, 0.4) is 0 Å². The Morgan fingerprint density at radius 3 is 2.85 bits per heavy atom. The fourth-order valence-corrected chi connectivity index (χ4v) is 1.92. The average molecular weight is 270 g/mol. The van der Waals surface area contributed by atoms with Crippen LogP contribution in [0.2, 0.25) is 0 Å². The van der Waals surface area contributed by atoms with Gasteiger partial charge >= 0.3 is 5.97 Å². The molecule has 3 rings (SSSR count). The van der Waals surface area contributed by atoms with Crippen LogP contribution in [-0.2, 0) is 0 Å². The summed E-state index contributed by atoms with van der Waals surface area (Å²) in [5.41, 5.74) is 1.80. The number of aryl methyl sites for hydroxylation is 1. The summed E-state index contributed by atoms with van der Waals surface area (Å²) >= 11 is 0. The van der Waals surface area contributed by atoms with E-state index in [1.54, 1.807) is 6.92 Å². The van der Waals surface area contributed by atoms with Gasteiger partial charge in [0.2, 0.25) is 5.89 Å². The fraction of sp³-hybridized carbons (Fsp3) is 0.0714. The lowest BCUT2D eigenvalue weighted by molar-refractivity contribution is 0.0697. The molecule has 1 aromatic carbocycles. The van der Waals surface area contributed by atoms with E-state index in [-0.39, 0.29) is 16.9 Å². The molecular weight excluding hydrogens is 260 g/mol. The highest BCUT2D eigenvalue weighted by Crippen LogP contribution is 2.22. The van der Waals surface area contributed by atoms with E-state index >= 15 is 0 Å². The molecule has 2 heterocycles. The van der Waals surface area contributed by atoms with Crippen LogP contribution in [0, 0.1) is 6.92 Å². The number of carbonyl (C=O) groups is 1. The number of pyridine rings is 1. The molecule has 0 saturated carbocycles. The van der Waals surface area contributed by atoms with Crippen LogP contribution in [0.1, 0.15) is 16.1 Å². The van der Waals surface area contributed by atoms with Crippen molar-refractivity contribution in [2.45, 2.75) is 6.92 Å². The van der Waals surface area contributed by atoms with Gasteiger partial charge in [-0.3, -0.25) is 4.79 Å². The van der Waals surface area contributed by atoms with Crippen molar-refractivity contribution < 1.29 is 14.3 Å². The van der Waals surface area contributed by atoms with Crippen LogP contribution in [0.15, 0.2) is 39.7 Å². The van der Waals surface area contributed by atoms with Gasteiger partial charge < -0.3 is 14.5 Å². The monoisotopic (exact) mass is 270 g/mol. The highest BCUT2D eigenvalue weighted by Gasteiger charge is 2.13. The zero-order valence-corrected chi connectivity index (χ0v) is 10.5. The Kier molecular flexibility index (Phi) is 2.64. The van der Waals surface area contributed by atoms with Gasteiger partial charge in [-0.1, -0.05) is 0 Å². The van der Waals surface area contributed by atoms with E-state index in [0.717, 1.165) is 5.69 Å². The number of oxazole rings is 1. The first kappa shape index (κ1) is 12.2. The maximum atomic E-state index is 11.9. The maximum absolute atomic E-state index is 11.9. The Morgan fingerprint density at radius 2 is 2.15 bits per heavy atom. The summed E-state index contributed by atoms with van der Waals surface area (Å²) in [5.74, 6) is -0.867. The molecule has 0 amide bonds. The third-order valence-corrected chi connectivity index (χ3v) is 2.92. The largest absolute Gasteiger partial charge is 0.478 e. The number of carboxylic acid groups (broad SMARTS) is 1. The molecule has 0 bridgehead atoms. The highest BCUT2D eigenvalue weighted by molar-refractivity contribution is 5.92. The topological polar surface area (TPSA) is 96.2 Å². The van der Waals surface area contributed by atoms with Crippen LogP contribution < -0.4 is 5.43 Å². The number of benzene rings is 1. The van der Waals surface area contributed by atoms with Gasteiger partial charge in [0.25, 0.3) is 0 Å². The zero-order chi connectivity index (χ0) is 14.3. The van der Waals surface area contributed by atoms with Crippen molar-refractivity contribution in [1.29, 1.82) is 0 Å². The van der Waals surface area contributed by atoms with E-state index in [0.29, 0.717) is 16.7 Å². The van der Waals surface area contributed by atoms with Crippen molar-refractivity contribution in [3.63, 3.8) is 0 Å². The van der Waals surface area contributed by atoms with Gasteiger partial charge in [0.15, 0.2) is 11.0 Å². The number of aromatic nitrogens is 2. The number of nitrogens with one attached hydrogen (secondary N) is 1. The lowest BCUT2D eigenvalue weighted by Gasteiger charge is -1.95. The van der Waals surface area contributed by atoms with E-state index in [2.05, 4.69) is 9.97 Å². The van der Waals surface area contributed by atoms with Crippen LogP contribution in [0.4, 0.5) is 0 Å². The van der Waals surface area contributed by atoms with E-state index in [9.17, 15) is 9.59 Å². The number of aromatic amines is 1. The zero-order valence-electron chi connectivity index (χ0n) is 10.5. The van der Waals surface area contributed by atoms with Crippen molar-refractivity contribution >= 4 is 17.1 Å². The minimum atomic E-state index is -1.04. The van der Waals surface area contributed by atoms with Crippen LogP contribution >= 0.6 is 0 Å². The summed E-state index contributed by atoms with van der Waals surface area (Å²) in [5, 5.41) is 8.93. The summed E-state index contributed by atoms with van der Waals surface area (Å²) < 4.78 is 5.49. The minimum absolute atomic E-state index is 0.121. The number of hydrogen-bond acceptors (Lipinski definition) is 4. The number of aromatic carboxylic acids is 1. The molecule has 0 fully saturated rings. The summed E-state index contributed by atoms with van der Waals surface area (Å²) in [4.78, 5) is 29.9. The third kappa shape index (κ3) is 1.97. The van der Waals surface area contributed by atoms with Crippen molar-refractivity contribution in [3.05, 3.63) is 51.9 Å². The molecule has 0 atom stereocenters. The second-order valence-corrected chi connectivity index (χ2v) is 4.40. The summed E-state index contributed by atoms with van der Waals surface area (Å²) in [6, 6.07) is 5.82. The first-order valence-corrected chi connectivity index (χ1v) is 5.88. The Labute approximate surface area is 112 Å². The first-order chi connectivity index (χ1) is 9.54. The predicted molar refractivity (Wildman–Crippen MR) is 71.8 cm³/mol. The van der Waals surface area contributed by atoms with Crippen LogP contribution in [0.25, 0.3) is 22.6 Å². The summed E-state index contributed by atoms with van der Waals surface area (Å²) in [6.07, 6.45) is 1.53. The van der Waals surface area contributed by atoms with Crippen molar-refractivity contribution in [2.75, 3.05) is 0 Å². The van der Waals surface area contributed by atoms with Gasteiger partial charge in [-0.2, -0.15) is 0 Å². The maximum Gasteiger partial charge on any atom is 0.335 e. The Hall–Kier alpha value is -2.89. The molecular formula is C14H10N2O4. The van der Waals surface area contributed by atoms with Crippen LogP contribution in [-0.4, -0.2) is 21.0 Å². The lowest BCUT2D eigenvalue weighted by atomic mass is 10.2. The van der Waals surface area contributed by atoms with Gasteiger partial charge in [-0.15, -0.1) is 0 Å². The molecule has 2 N–H and O–H groups in total. The molecule has 3 aromatic rings. The molecule has 100 valence electrons. The van der Waals surface area contributed by atoms with Gasteiger partial charge in [0, 0.05) is 18.0 Å². The van der Waals surface area contributed by atoms with Crippen molar-refractivity contribution in [3.8, 4) is 11.5 Å². The first-order valence-electron chi connectivity index (χ1n) is 5.88. The number of fused-ring (bicyclic) bond motifs is 1. The fourth-order valence-electron chi connectivity index (χ4n) is 1.92. The Morgan fingerprint density at radius 1 is 1.35 bits per heavy atom. The lowest BCUT2D eigenvalue weighted by Crippen LogP contribution is -2.05. The van der Waals surface area contributed by atoms with Gasteiger partial charge in [-0.25, -0.2) is 9.78 Å². The molecule has 0 aliphatic rings. The Balaban J connectivity index is 2.17. The number of H-pyrrole nitrogens is 1. The standard InChI is InChI=1S/C14H10N2O4/c1-7-4-11(17)9(6-15-7)13-16-10-5-8(14(18)19)2-3-12(10)20-13/h2-6H,1H3,(H,15,17)(H,18,19). The second kappa shape index (κ2) is 4.34. The van der Waals surface area contributed by atoms with Gasteiger partial charge in [-0.05, 0) is 25.1 Å².